The lowest BCUT2D eigenvalue weighted by Gasteiger charge is -2.05. The van der Waals surface area contributed by atoms with Gasteiger partial charge in [-0.1, -0.05) is 6.07 Å². The molecular formula is C7H8N2O3S. The Bertz CT molecular complexity index is 404. The topological polar surface area (TPSA) is 79.3 Å². The first-order valence-corrected chi connectivity index (χ1v) is 5.24. The number of fused-ring (bicyclic) bond motifs is 1. The van der Waals surface area contributed by atoms with Crippen molar-refractivity contribution in [3.8, 4) is 0 Å². The van der Waals surface area contributed by atoms with E-state index in [1.165, 1.54) is 0 Å². The van der Waals surface area contributed by atoms with Crippen molar-refractivity contribution < 1.29 is 13.0 Å². The zero-order valence-corrected chi connectivity index (χ0v) is 7.45. The number of nitrogens with zero attached hydrogens (tertiary/aromatic N) is 1. The molecule has 1 aliphatic rings. The van der Waals surface area contributed by atoms with Crippen LogP contribution in [0.3, 0.4) is 0 Å². The molecule has 13 heavy (non-hydrogen) atoms. The van der Waals surface area contributed by atoms with Gasteiger partial charge in [0.15, 0.2) is 5.37 Å². The molecule has 5 nitrogen and oxygen atoms in total. The number of rotatable bonds is 1. The van der Waals surface area contributed by atoms with Gasteiger partial charge in [0.05, 0.1) is 0 Å². The van der Waals surface area contributed by atoms with Gasteiger partial charge < -0.3 is 5.32 Å². The maximum Gasteiger partial charge on any atom is 0.286 e. The molecule has 0 aliphatic carbocycles. The Morgan fingerprint density at radius 2 is 2.38 bits per heavy atom. The van der Waals surface area contributed by atoms with Gasteiger partial charge in [0.25, 0.3) is 10.1 Å². The van der Waals surface area contributed by atoms with E-state index in [9.17, 15) is 8.42 Å². The van der Waals surface area contributed by atoms with E-state index in [0.29, 0.717) is 5.82 Å². The minimum Gasteiger partial charge on any atom is -0.351 e. The maximum atomic E-state index is 10.8. The fourth-order valence-corrected chi connectivity index (χ4v) is 1.97. The second kappa shape index (κ2) is 2.68. The predicted octanol–water partition coefficient (Wildman–Crippen LogP) is 0.263. The van der Waals surface area contributed by atoms with E-state index in [1.54, 1.807) is 18.3 Å². The Labute approximate surface area is 75.6 Å². The molecule has 0 aromatic carbocycles. The summed E-state index contributed by atoms with van der Waals surface area (Å²) in [6.07, 6.45) is 1.83. The molecule has 0 bridgehead atoms. The standard InChI is InChI=1S/C7H8N2O3S/c10-13(11,12)6-4-5-2-1-3-8-7(5)9-6/h1-3,6H,4H2,(H,8,9)(H,10,11,12). The molecule has 1 aromatic rings. The number of hydrogen-bond donors (Lipinski definition) is 2. The first-order chi connectivity index (χ1) is 6.07. The van der Waals surface area contributed by atoms with E-state index in [0.717, 1.165) is 5.56 Å². The third-order valence-corrected chi connectivity index (χ3v) is 2.96. The van der Waals surface area contributed by atoms with Gasteiger partial charge in [-0.3, -0.25) is 4.55 Å². The van der Waals surface area contributed by atoms with Gasteiger partial charge in [-0.05, 0) is 11.6 Å². The zero-order chi connectivity index (χ0) is 9.47. The van der Waals surface area contributed by atoms with Crippen molar-refractivity contribution in [2.75, 3.05) is 5.32 Å². The summed E-state index contributed by atoms with van der Waals surface area (Å²) in [5.74, 6) is 0.533. The number of nitrogens with one attached hydrogen (secondary N) is 1. The van der Waals surface area contributed by atoms with E-state index in [4.69, 9.17) is 4.55 Å². The van der Waals surface area contributed by atoms with Crippen LogP contribution in [0.25, 0.3) is 0 Å². The van der Waals surface area contributed by atoms with E-state index in [2.05, 4.69) is 10.3 Å². The number of aromatic nitrogens is 1. The van der Waals surface area contributed by atoms with Crippen LogP contribution in [-0.4, -0.2) is 23.3 Å². The van der Waals surface area contributed by atoms with Gasteiger partial charge in [0.2, 0.25) is 0 Å². The second-order valence-corrected chi connectivity index (χ2v) is 4.46. The summed E-state index contributed by atoms with van der Waals surface area (Å²) >= 11 is 0. The summed E-state index contributed by atoms with van der Waals surface area (Å²) in [4.78, 5) is 3.94. The Balaban J connectivity index is 2.33. The number of anilines is 1. The zero-order valence-electron chi connectivity index (χ0n) is 6.64. The van der Waals surface area contributed by atoms with E-state index in [1.807, 2.05) is 0 Å². The molecule has 1 aromatic heterocycles. The summed E-state index contributed by atoms with van der Waals surface area (Å²) in [5, 5.41) is 1.68. The van der Waals surface area contributed by atoms with Crippen molar-refractivity contribution in [3.63, 3.8) is 0 Å². The molecule has 0 saturated heterocycles. The van der Waals surface area contributed by atoms with Gasteiger partial charge >= 0.3 is 0 Å². The third-order valence-electron chi connectivity index (χ3n) is 1.95. The molecule has 70 valence electrons. The molecule has 0 fully saturated rings. The van der Waals surface area contributed by atoms with Crippen LogP contribution in [0.1, 0.15) is 5.56 Å². The van der Waals surface area contributed by atoms with Crippen molar-refractivity contribution in [2.24, 2.45) is 0 Å². The van der Waals surface area contributed by atoms with Crippen LogP contribution in [0.4, 0.5) is 5.82 Å². The normalized spacial score (nSPS) is 20.8. The van der Waals surface area contributed by atoms with Crippen LogP contribution < -0.4 is 5.32 Å². The average molecular weight is 200 g/mol. The molecule has 1 unspecified atom stereocenters. The molecule has 1 aliphatic heterocycles. The van der Waals surface area contributed by atoms with Crippen molar-refractivity contribution in [1.82, 2.24) is 4.98 Å². The molecule has 0 radical (unpaired) electrons. The smallest absolute Gasteiger partial charge is 0.286 e. The van der Waals surface area contributed by atoms with Crippen LogP contribution in [0, 0.1) is 0 Å². The number of hydrogen-bond acceptors (Lipinski definition) is 4. The van der Waals surface area contributed by atoms with Crippen LogP contribution in [0.5, 0.6) is 0 Å². The minimum absolute atomic E-state index is 0.266. The molecular weight excluding hydrogens is 192 g/mol. The fourth-order valence-electron chi connectivity index (χ4n) is 1.32. The lowest BCUT2D eigenvalue weighted by Crippen LogP contribution is -2.26. The SMILES string of the molecule is O=S(=O)(O)C1Cc2cccnc2N1. The summed E-state index contributed by atoms with van der Waals surface area (Å²) in [6.45, 7) is 0. The van der Waals surface area contributed by atoms with Gasteiger partial charge in [0, 0.05) is 12.6 Å². The highest BCUT2D eigenvalue weighted by Gasteiger charge is 2.30. The minimum atomic E-state index is -4.02. The Hall–Kier alpha value is -1.14. The highest BCUT2D eigenvalue weighted by molar-refractivity contribution is 7.86. The Morgan fingerprint density at radius 3 is 3.00 bits per heavy atom. The van der Waals surface area contributed by atoms with Gasteiger partial charge in [-0.25, -0.2) is 4.98 Å². The van der Waals surface area contributed by atoms with Gasteiger partial charge in [0.1, 0.15) is 5.82 Å². The third kappa shape index (κ3) is 1.50. The molecule has 1 atom stereocenters. The second-order valence-electron chi connectivity index (χ2n) is 2.86. The molecule has 2 heterocycles. The van der Waals surface area contributed by atoms with Crippen LogP contribution in [0.2, 0.25) is 0 Å². The van der Waals surface area contributed by atoms with Crippen molar-refractivity contribution in [2.45, 2.75) is 11.8 Å². The molecule has 0 spiro atoms. The van der Waals surface area contributed by atoms with Crippen LogP contribution in [0.15, 0.2) is 18.3 Å². The Kier molecular flexibility index (Phi) is 1.74. The summed E-state index contributed by atoms with van der Waals surface area (Å²) < 4.78 is 30.3. The number of pyridine rings is 1. The monoisotopic (exact) mass is 200 g/mol. The van der Waals surface area contributed by atoms with Gasteiger partial charge in [-0.15, -0.1) is 0 Å². The van der Waals surface area contributed by atoms with Crippen molar-refractivity contribution in [3.05, 3.63) is 23.9 Å². The van der Waals surface area contributed by atoms with Gasteiger partial charge in [-0.2, -0.15) is 8.42 Å². The Morgan fingerprint density at radius 1 is 1.62 bits per heavy atom. The highest BCUT2D eigenvalue weighted by atomic mass is 32.2. The largest absolute Gasteiger partial charge is 0.351 e. The molecule has 2 rings (SSSR count). The van der Waals surface area contributed by atoms with E-state index < -0.39 is 15.5 Å². The molecule has 2 N–H and O–H groups in total. The summed E-state index contributed by atoms with van der Waals surface area (Å²) in [5.41, 5.74) is 0.810. The first kappa shape index (κ1) is 8.46. The van der Waals surface area contributed by atoms with E-state index in [-0.39, 0.29) is 6.42 Å². The average Bonchev–Trinajstić information content (AvgIpc) is 2.45. The van der Waals surface area contributed by atoms with Crippen molar-refractivity contribution in [1.29, 1.82) is 0 Å². The van der Waals surface area contributed by atoms with Crippen molar-refractivity contribution >= 4 is 15.9 Å². The van der Waals surface area contributed by atoms with Crippen LogP contribution >= 0.6 is 0 Å². The lowest BCUT2D eigenvalue weighted by atomic mass is 10.2. The lowest BCUT2D eigenvalue weighted by molar-refractivity contribution is 0.473. The molecule has 6 heteroatoms. The van der Waals surface area contributed by atoms with E-state index >= 15 is 0 Å². The predicted molar refractivity (Wildman–Crippen MR) is 46.9 cm³/mol. The molecule has 0 amide bonds. The summed E-state index contributed by atoms with van der Waals surface area (Å²) in [7, 11) is -4.02. The highest BCUT2D eigenvalue weighted by Crippen LogP contribution is 2.24. The fraction of sp³-hybridized carbons (Fsp3) is 0.286. The first-order valence-electron chi connectivity index (χ1n) is 3.74. The molecule has 0 saturated carbocycles. The van der Waals surface area contributed by atoms with Crippen LogP contribution in [-0.2, 0) is 16.5 Å². The maximum absolute atomic E-state index is 10.8. The summed E-state index contributed by atoms with van der Waals surface area (Å²) in [6, 6.07) is 3.51. The quantitative estimate of drug-likeness (QED) is 0.636.